The minimum absolute atomic E-state index is 0.0196. The summed E-state index contributed by atoms with van der Waals surface area (Å²) in [4.78, 5) is 16.9. The van der Waals surface area contributed by atoms with E-state index in [2.05, 4.69) is 10.3 Å². The summed E-state index contributed by atoms with van der Waals surface area (Å²) in [5, 5.41) is 3.82. The van der Waals surface area contributed by atoms with E-state index in [0.29, 0.717) is 6.42 Å². The molecule has 0 radical (unpaired) electrons. The smallest absolute Gasteiger partial charge is 0.240 e. The Bertz CT molecular complexity index is 900. The lowest BCUT2D eigenvalue weighted by molar-refractivity contribution is -0.122. The SMILES string of the molecule is O=C(Cn1c([C@H]2CCCO2)cc2cccnc21)N[C@H]1CCS(=O)(=O)C1. The third kappa shape index (κ3) is 3.41. The van der Waals surface area contributed by atoms with Gasteiger partial charge in [0.2, 0.25) is 5.91 Å². The molecule has 2 atom stereocenters. The first-order valence-electron chi connectivity index (χ1n) is 8.57. The number of carbonyl (C=O) groups excluding carboxylic acids is 1. The number of hydrogen-bond acceptors (Lipinski definition) is 5. The van der Waals surface area contributed by atoms with Crippen LogP contribution in [0.2, 0.25) is 0 Å². The van der Waals surface area contributed by atoms with Gasteiger partial charge in [-0.2, -0.15) is 0 Å². The Morgan fingerprint density at radius 3 is 3.00 bits per heavy atom. The van der Waals surface area contributed by atoms with Crippen LogP contribution in [0.25, 0.3) is 11.0 Å². The van der Waals surface area contributed by atoms with Crippen molar-refractivity contribution in [2.75, 3.05) is 18.1 Å². The summed E-state index contributed by atoms with van der Waals surface area (Å²) >= 11 is 0. The maximum absolute atomic E-state index is 12.5. The van der Waals surface area contributed by atoms with E-state index in [1.807, 2.05) is 22.8 Å². The Morgan fingerprint density at radius 1 is 1.40 bits per heavy atom. The Balaban J connectivity index is 1.57. The number of aromatic nitrogens is 2. The maximum atomic E-state index is 12.5. The molecular weight excluding hydrogens is 342 g/mol. The number of nitrogens with one attached hydrogen (secondary N) is 1. The van der Waals surface area contributed by atoms with E-state index in [4.69, 9.17) is 4.74 Å². The number of rotatable bonds is 4. The summed E-state index contributed by atoms with van der Waals surface area (Å²) in [5.41, 5.74) is 1.71. The van der Waals surface area contributed by atoms with Crippen LogP contribution in [-0.2, 0) is 25.9 Å². The molecule has 0 unspecified atom stereocenters. The van der Waals surface area contributed by atoms with Crippen LogP contribution in [-0.4, -0.2) is 48.0 Å². The van der Waals surface area contributed by atoms with Gasteiger partial charge >= 0.3 is 0 Å². The van der Waals surface area contributed by atoms with E-state index < -0.39 is 9.84 Å². The van der Waals surface area contributed by atoms with E-state index in [1.165, 1.54) is 0 Å². The van der Waals surface area contributed by atoms with Gasteiger partial charge < -0.3 is 14.6 Å². The maximum Gasteiger partial charge on any atom is 0.240 e. The standard InChI is InChI=1S/C17H21N3O4S/c21-16(19-13-5-8-25(22,23)11-13)10-20-14(15-4-2-7-24-15)9-12-3-1-6-18-17(12)20/h1,3,6,9,13,15H,2,4-5,7-8,10-11H2,(H,19,21)/t13-,15+/m0/s1. The second-order valence-electron chi connectivity index (χ2n) is 6.74. The van der Waals surface area contributed by atoms with Crippen LogP contribution in [0.15, 0.2) is 24.4 Å². The van der Waals surface area contributed by atoms with E-state index in [0.717, 1.165) is 36.2 Å². The van der Waals surface area contributed by atoms with Crippen LogP contribution < -0.4 is 5.32 Å². The molecule has 7 nitrogen and oxygen atoms in total. The van der Waals surface area contributed by atoms with Gasteiger partial charge in [-0.15, -0.1) is 0 Å². The van der Waals surface area contributed by atoms with Crippen LogP contribution in [0.3, 0.4) is 0 Å². The highest BCUT2D eigenvalue weighted by molar-refractivity contribution is 7.91. The van der Waals surface area contributed by atoms with Crippen LogP contribution >= 0.6 is 0 Å². The third-order valence-corrected chi connectivity index (χ3v) is 6.61. The second kappa shape index (κ2) is 6.42. The Labute approximate surface area is 146 Å². The number of nitrogens with zero attached hydrogens (tertiary/aromatic N) is 2. The largest absolute Gasteiger partial charge is 0.372 e. The van der Waals surface area contributed by atoms with Gasteiger partial charge in [0.1, 0.15) is 12.2 Å². The van der Waals surface area contributed by atoms with Crippen molar-refractivity contribution in [2.45, 2.75) is 38.0 Å². The van der Waals surface area contributed by atoms with Gasteiger partial charge in [0, 0.05) is 29.9 Å². The van der Waals surface area contributed by atoms with E-state index >= 15 is 0 Å². The first kappa shape index (κ1) is 16.5. The first-order valence-corrected chi connectivity index (χ1v) is 10.4. The van der Waals surface area contributed by atoms with Crippen molar-refractivity contribution in [3.63, 3.8) is 0 Å². The number of fused-ring (bicyclic) bond motifs is 1. The molecule has 0 aromatic carbocycles. The van der Waals surface area contributed by atoms with Gasteiger partial charge in [0.05, 0.1) is 17.6 Å². The number of carbonyl (C=O) groups is 1. The molecule has 0 aliphatic carbocycles. The topological polar surface area (TPSA) is 90.3 Å². The zero-order chi connectivity index (χ0) is 17.4. The number of pyridine rings is 1. The summed E-state index contributed by atoms with van der Waals surface area (Å²) in [7, 11) is -3.01. The van der Waals surface area contributed by atoms with Crippen LogP contribution in [0, 0.1) is 0 Å². The second-order valence-corrected chi connectivity index (χ2v) is 8.97. The summed E-state index contributed by atoms with van der Waals surface area (Å²) in [6.07, 6.45) is 4.11. The fraction of sp³-hybridized carbons (Fsp3) is 0.529. The molecule has 0 spiro atoms. The highest BCUT2D eigenvalue weighted by Gasteiger charge is 2.30. The normalized spacial score (nSPS) is 25.4. The van der Waals surface area contributed by atoms with Gasteiger partial charge in [0.25, 0.3) is 0 Å². The quantitative estimate of drug-likeness (QED) is 0.881. The Kier molecular flexibility index (Phi) is 4.24. The van der Waals surface area contributed by atoms with Crippen LogP contribution in [0.5, 0.6) is 0 Å². The van der Waals surface area contributed by atoms with Crippen molar-refractivity contribution in [3.8, 4) is 0 Å². The van der Waals surface area contributed by atoms with Crippen molar-refractivity contribution in [2.24, 2.45) is 0 Å². The van der Waals surface area contributed by atoms with Crippen molar-refractivity contribution in [1.29, 1.82) is 0 Å². The zero-order valence-corrected chi connectivity index (χ0v) is 14.7. The lowest BCUT2D eigenvalue weighted by Crippen LogP contribution is -2.38. The number of ether oxygens (including phenoxy) is 1. The fourth-order valence-electron chi connectivity index (χ4n) is 3.68. The highest BCUT2D eigenvalue weighted by atomic mass is 32.2. The van der Waals surface area contributed by atoms with Crippen LogP contribution in [0.4, 0.5) is 0 Å². The Morgan fingerprint density at radius 2 is 2.28 bits per heavy atom. The summed E-state index contributed by atoms with van der Waals surface area (Å²) in [6, 6.07) is 5.58. The molecule has 2 aromatic rings. The summed E-state index contributed by atoms with van der Waals surface area (Å²) in [6.45, 7) is 0.845. The van der Waals surface area contributed by atoms with Crippen molar-refractivity contribution < 1.29 is 17.9 Å². The predicted octanol–water partition coefficient (Wildman–Crippen LogP) is 1.19. The summed E-state index contributed by atoms with van der Waals surface area (Å²) in [5.74, 6) is -0.0146. The molecule has 1 amide bonds. The summed E-state index contributed by atoms with van der Waals surface area (Å²) < 4.78 is 30.8. The van der Waals surface area contributed by atoms with E-state index in [1.54, 1.807) is 6.20 Å². The monoisotopic (exact) mass is 363 g/mol. The molecule has 0 saturated carbocycles. The van der Waals surface area contributed by atoms with Gasteiger partial charge in [-0.1, -0.05) is 0 Å². The van der Waals surface area contributed by atoms with Gasteiger partial charge in [0.15, 0.2) is 9.84 Å². The third-order valence-electron chi connectivity index (χ3n) is 4.85. The molecule has 2 aliphatic rings. The molecule has 4 rings (SSSR count). The lowest BCUT2D eigenvalue weighted by Gasteiger charge is -2.16. The molecule has 1 N–H and O–H groups in total. The zero-order valence-electron chi connectivity index (χ0n) is 13.8. The molecule has 8 heteroatoms. The average Bonchev–Trinajstić information content (AvgIpc) is 3.27. The van der Waals surface area contributed by atoms with Crippen molar-refractivity contribution in [3.05, 3.63) is 30.1 Å². The van der Waals surface area contributed by atoms with Crippen LogP contribution in [0.1, 0.15) is 31.1 Å². The number of sulfone groups is 1. The number of amides is 1. The molecule has 2 saturated heterocycles. The highest BCUT2D eigenvalue weighted by Crippen LogP contribution is 2.32. The first-order chi connectivity index (χ1) is 12.0. The minimum Gasteiger partial charge on any atom is -0.372 e. The van der Waals surface area contributed by atoms with E-state index in [-0.39, 0.29) is 36.1 Å². The van der Waals surface area contributed by atoms with Gasteiger partial charge in [-0.3, -0.25) is 4.79 Å². The van der Waals surface area contributed by atoms with Gasteiger partial charge in [-0.05, 0) is 37.5 Å². The molecule has 2 fully saturated rings. The molecule has 4 heterocycles. The molecule has 2 aromatic heterocycles. The molecule has 25 heavy (non-hydrogen) atoms. The molecule has 0 bridgehead atoms. The Hall–Kier alpha value is -1.93. The molecular formula is C17H21N3O4S. The average molecular weight is 363 g/mol. The van der Waals surface area contributed by atoms with Crippen molar-refractivity contribution in [1.82, 2.24) is 14.9 Å². The lowest BCUT2D eigenvalue weighted by atomic mass is 10.2. The van der Waals surface area contributed by atoms with Crippen molar-refractivity contribution >= 4 is 26.8 Å². The van der Waals surface area contributed by atoms with E-state index in [9.17, 15) is 13.2 Å². The minimum atomic E-state index is -3.01. The van der Waals surface area contributed by atoms with Gasteiger partial charge in [-0.25, -0.2) is 13.4 Å². The molecule has 134 valence electrons. The predicted molar refractivity (Wildman–Crippen MR) is 92.9 cm³/mol. The fourth-order valence-corrected chi connectivity index (χ4v) is 5.35. The number of hydrogen-bond donors (Lipinski definition) is 1. The molecule has 2 aliphatic heterocycles.